The molecule has 2 aliphatic rings. The van der Waals surface area contributed by atoms with Crippen LogP contribution in [-0.4, -0.2) is 44.8 Å². The van der Waals surface area contributed by atoms with Gasteiger partial charge in [-0.15, -0.1) is 24.8 Å². The van der Waals surface area contributed by atoms with Crippen molar-refractivity contribution in [2.24, 2.45) is 5.92 Å². The van der Waals surface area contributed by atoms with E-state index in [4.69, 9.17) is 0 Å². The Kier molecular flexibility index (Phi) is 7.91. The quantitative estimate of drug-likeness (QED) is 0.791. The number of fused-ring (bicyclic) bond motifs is 1. The SMILES string of the molecule is Cc1cc2n(n1)CCN(C(=O)c1c(C)ccn(CC3CCCNC3)c1=O)C2.Cl.Cl. The Balaban J connectivity index is 0.00000150. The molecule has 1 fully saturated rings. The molecular weight excluding hydrogens is 413 g/mol. The minimum atomic E-state index is -0.168. The molecule has 160 valence electrons. The van der Waals surface area contributed by atoms with Gasteiger partial charge in [0.1, 0.15) is 5.56 Å². The van der Waals surface area contributed by atoms with Crippen LogP contribution >= 0.6 is 24.8 Å². The number of piperidine rings is 1. The number of hydrogen-bond acceptors (Lipinski definition) is 4. The van der Waals surface area contributed by atoms with E-state index >= 15 is 0 Å². The molecule has 0 saturated carbocycles. The van der Waals surface area contributed by atoms with Crippen molar-refractivity contribution in [1.82, 2.24) is 24.6 Å². The summed E-state index contributed by atoms with van der Waals surface area (Å²) in [7, 11) is 0. The zero-order valence-electron chi connectivity index (χ0n) is 16.9. The first-order chi connectivity index (χ1) is 13.0. The van der Waals surface area contributed by atoms with Crippen LogP contribution in [0.4, 0.5) is 0 Å². The van der Waals surface area contributed by atoms with Crippen molar-refractivity contribution >= 4 is 30.7 Å². The van der Waals surface area contributed by atoms with E-state index in [1.807, 2.05) is 36.9 Å². The Labute approximate surface area is 183 Å². The standard InChI is InChI=1S/C20H27N5O2.2ClH/c1-14-5-7-23(12-16-4-3-6-21-11-16)19(26)18(14)20(27)24-8-9-25-17(13-24)10-15(2)22-25;;/h5,7,10,16,21H,3-4,6,8-9,11-13H2,1-2H3;2*1H. The molecule has 7 nitrogen and oxygen atoms in total. The van der Waals surface area contributed by atoms with Gasteiger partial charge in [0, 0.05) is 19.3 Å². The summed E-state index contributed by atoms with van der Waals surface area (Å²) >= 11 is 0. The van der Waals surface area contributed by atoms with Crippen molar-refractivity contribution in [2.45, 2.75) is 46.3 Å². The van der Waals surface area contributed by atoms with Crippen molar-refractivity contribution in [3.05, 3.63) is 51.2 Å². The summed E-state index contributed by atoms with van der Waals surface area (Å²) in [5.74, 6) is 0.271. The Morgan fingerprint density at radius 3 is 2.79 bits per heavy atom. The Morgan fingerprint density at radius 1 is 1.28 bits per heavy atom. The fourth-order valence-corrected chi connectivity index (χ4v) is 4.17. The molecule has 0 spiro atoms. The zero-order chi connectivity index (χ0) is 19.0. The van der Waals surface area contributed by atoms with Crippen molar-refractivity contribution in [1.29, 1.82) is 0 Å². The second-order valence-electron chi connectivity index (χ2n) is 7.77. The molecule has 2 aromatic heterocycles. The number of hydrogen-bond donors (Lipinski definition) is 1. The topological polar surface area (TPSA) is 72.2 Å². The number of halogens is 2. The molecule has 1 amide bonds. The summed E-state index contributed by atoms with van der Waals surface area (Å²) in [4.78, 5) is 28.0. The number of aryl methyl sites for hydroxylation is 2. The van der Waals surface area contributed by atoms with Gasteiger partial charge in [-0.3, -0.25) is 14.3 Å². The lowest BCUT2D eigenvalue weighted by Crippen LogP contribution is -2.42. The molecule has 29 heavy (non-hydrogen) atoms. The Morgan fingerprint density at radius 2 is 2.07 bits per heavy atom. The van der Waals surface area contributed by atoms with Gasteiger partial charge < -0.3 is 14.8 Å². The van der Waals surface area contributed by atoms with E-state index in [9.17, 15) is 9.59 Å². The molecule has 2 aliphatic heterocycles. The van der Waals surface area contributed by atoms with E-state index in [2.05, 4.69) is 10.4 Å². The average Bonchev–Trinajstić information content (AvgIpc) is 3.04. The van der Waals surface area contributed by atoms with Gasteiger partial charge in [-0.1, -0.05) is 0 Å². The summed E-state index contributed by atoms with van der Waals surface area (Å²) in [6, 6.07) is 3.90. The lowest BCUT2D eigenvalue weighted by Gasteiger charge is -2.28. The molecule has 4 heterocycles. The monoisotopic (exact) mass is 441 g/mol. The van der Waals surface area contributed by atoms with E-state index in [0.29, 0.717) is 37.7 Å². The van der Waals surface area contributed by atoms with E-state index in [1.165, 1.54) is 0 Å². The second kappa shape index (κ2) is 9.78. The highest BCUT2D eigenvalue weighted by atomic mass is 35.5. The fraction of sp³-hybridized carbons (Fsp3) is 0.550. The van der Waals surface area contributed by atoms with Crippen molar-refractivity contribution in [2.75, 3.05) is 19.6 Å². The molecule has 0 aliphatic carbocycles. The highest BCUT2D eigenvalue weighted by Crippen LogP contribution is 2.17. The number of amides is 1. The average molecular weight is 442 g/mol. The van der Waals surface area contributed by atoms with Crippen LogP contribution in [0.3, 0.4) is 0 Å². The Hall–Kier alpha value is -1.83. The zero-order valence-corrected chi connectivity index (χ0v) is 18.5. The maximum Gasteiger partial charge on any atom is 0.263 e. The molecular formula is C20H29Cl2N5O2. The van der Waals surface area contributed by atoms with Crippen molar-refractivity contribution < 1.29 is 4.79 Å². The lowest BCUT2D eigenvalue weighted by molar-refractivity contribution is 0.0702. The maximum absolute atomic E-state index is 13.2. The molecule has 0 aromatic carbocycles. The van der Waals surface area contributed by atoms with E-state index < -0.39 is 0 Å². The first kappa shape index (κ1) is 23.4. The Bertz CT molecular complexity index is 918. The second-order valence-corrected chi connectivity index (χ2v) is 7.77. The summed E-state index contributed by atoms with van der Waals surface area (Å²) in [6.45, 7) is 8.19. The molecule has 1 saturated heterocycles. The van der Waals surface area contributed by atoms with E-state index in [0.717, 1.165) is 42.9 Å². The highest BCUT2D eigenvalue weighted by Gasteiger charge is 2.26. The number of nitrogens with one attached hydrogen (secondary N) is 1. The summed E-state index contributed by atoms with van der Waals surface area (Å²) < 4.78 is 3.67. The third kappa shape index (κ3) is 4.85. The predicted molar refractivity (Wildman–Crippen MR) is 117 cm³/mol. The van der Waals surface area contributed by atoms with Crippen LogP contribution in [0.1, 0.15) is 40.2 Å². The smallest absolute Gasteiger partial charge is 0.263 e. The van der Waals surface area contributed by atoms with Crippen LogP contribution in [0, 0.1) is 19.8 Å². The molecule has 2 aromatic rings. The number of aromatic nitrogens is 3. The predicted octanol–water partition coefficient (Wildman–Crippen LogP) is 2.16. The van der Waals surface area contributed by atoms with Crippen LogP contribution in [0.15, 0.2) is 23.1 Å². The normalized spacial score (nSPS) is 18.4. The van der Waals surface area contributed by atoms with Crippen LogP contribution in [0.25, 0.3) is 0 Å². The van der Waals surface area contributed by atoms with Crippen molar-refractivity contribution in [3.8, 4) is 0 Å². The third-order valence-electron chi connectivity index (χ3n) is 5.65. The first-order valence-electron chi connectivity index (χ1n) is 9.76. The van der Waals surface area contributed by atoms with Gasteiger partial charge in [-0.2, -0.15) is 5.10 Å². The number of carbonyl (C=O) groups excluding carboxylic acids is 1. The van der Waals surface area contributed by atoms with Crippen LogP contribution in [0.5, 0.6) is 0 Å². The minimum Gasteiger partial charge on any atom is -0.331 e. The number of rotatable bonds is 3. The molecule has 0 radical (unpaired) electrons. The summed E-state index contributed by atoms with van der Waals surface area (Å²) in [5.41, 5.74) is 2.87. The van der Waals surface area contributed by atoms with Crippen LogP contribution < -0.4 is 10.9 Å². The molecule has 1 atom stereocenters. The maximum atomic E-state index is 13.2. The van der Waals surface area contributed by atoms with Gasteiger partial charge in [0.05, 0.1) is 24.5 Å². The molecule has 4 rings (SSSR count). The molecule has 0 bridgehead atoms. The molecule has 1 N–H and O–H groups in total. The minimum absolute atomic E-state index is 0. The van der Waals surface area contributed by atoms with Gasteiger partial charge in [0.25, 0.3) is 11.5 Å². The largest absolute Gasteiger partial charge is 0.331 e. The van der Waals surface area contributed by atoms with E-state index in [1.54, 1.807) is 9.47 Å². The van der Waals surface area contributed by atoms with E-state index in [-0.39, 0.29) is 36.3 Å². The van der Waals surface area contributed by atoms with Gasteiger partial charge in [-0.25, -0.2) is 0 Å². The fourth-order valence-electron chi connectivity index (χ4n) is 4.17. The highest BCUT2D eigenvalue weighted by molar-refractivity contribution is 5.95. The van der Waals surface area contributed by atoms with Gasteiger partial charge in [0.2, 0.25) is 0 Å². The van der Waals surface area contributed by atoms with Gasteiger partial charge in [0.15, 0.2) is 0 Å². The number of pyridine rings is 1. The third-order valence-corrected chi connectivity index (χ3v) is 5.65. The van der Waals surface area contributed by atoms with Crippen LogP contribution in [-0.2, 0) is 19.6 Å². The number of nitrogens with zero attached hydrogens (tertiary/aromatic N) is 4. The van der Waals surface area contributed by atoms with Gasteiger partial charge >= 0.3 is 0 Å². The molecule has 1 unspecified atom stereocenters. The van der Waals surface area contributed by atoms with Crippen molar-refractivity contribution in [3.63, 3.8) is 0 Å². The summed E-state index contributed by atoms with van der Waals surface area (Å²) in [6.07, 6.45) is 4.09. The lowest BCUT2D eigenvalue weighted by atomic mass is 9.99. The number of carbonyl (C=O) groups is 1. The summed E-state index contributed by atoms with van der Waals surface area (Å²) in [5, 5.41) is 7.83. The first-order valence-corrected chi connectivity index (χ1v) is 9.76. The van der Waals surface area contributed by atoms with Gasteiger partial charge in [-0.05, 0) is 63.4 Å². The van der Waals surface area contributed by atoms with Crippen LogP contribution in [0.2, 0.25) is 0 Å². The molecule has 9 heteroatoms.